The molecule has 2 aromatic rings. The number of esters is 1. The Kier molecular flexibility index (Phi) is 8.14. The molecule has 28 heavy (non-hydrogen) atoms. The average Bonchev–Trinajstić information content (AvgIpc) is 2.74. The molecule has 1 N–H and O–H groups in total. The minimum Gasteiger partial charge on any atom is -0.497 e. The standard InChI is InChI=1S/C21H25NO6/c1-25-17-6-4-5-16(11-17)13-22-20(23)14-28-21(24)10-8-15-7-9-18(26-2)19(12-15)27-3/h4-7,9,11-12H,8,10,13-14H2,1-3H3,(H,22,23). The van der Waals surface area contributed by atoms with Crippen LogP contribution in [-0.2, 0) is 27.3 Å². The van der Waals surface area contributed by atoms with Crippen molar-refractivity contribution in [2.24, 2.45) is 0 Å². The first kappa shape index (κ1) is 21.1. The third-order valence-corrected chi connectivity index (χ3v) is 4.05. The molecule has 2 aromatic carbocycles. The van der Waals surface area contributed by atoms with Crippen molar-refractivity contribution in [2.45, 2.75) is 19.4 Å². The minimum atomic E-state index is -0.439. The van der Waals surface area contributed by atoms with Crippen LogP contribution in [0.1, 0.15) is 17.5 Å². The van der Waals surface area contributed by atoms with Crippen molar-refractivity contribution in [3.8, 4) is 17.2 Å². The van der Waals surface area contributed by atoms with E-state index in [1.165, 1.54) is 0 Å². The lowest BCUT2D eigenvalue weighted by Gasteiger charge is -2.10. The summed E-state index contributed by atoms with van der Waals surface area (Å²) < 4.78 is 20.6. The van der Waals surface area contributed by atoms with Crippen LogP contribution in [0.2, 0.25) is 0 Å². The topological polar surface area (TPSA) is 83.1 Å². The number of methoxy groups -OCH3 is 3. The molecule has 0 aliphatic heterocycles. The fourth-order valence-corrected chi connectivity index (χ4v) is 2.53. The molecule has 0 unspecified atom stereocenters. The largest absolute Gasteiger partial charge is 0.497 e. The number of benzene rings is 2. The van der Waals surface area contributed by atoms with E-state index in [2.05, 4.69) is 5.32 Å². The normalized spacial score (nSPS) is 10.1. The van der Waals surface area contributed by atoms with Gasteiger partial charge in [-0.1, -0.05) is 18.2 Å². The smallest absolute Gasteiger partial charge is 0.306 e. The van der Waals surface area contributed by atoms with Gasteiger partial charge in [-0.15, -0.1) is 0 Å². The Hall–Kier alpha value is -3.22. The zero-order valence-electron chi connectivity index (χ0n) is 16.3. The Morgan fingerprint density at radius 1 is 0.893 bits per heavy atom. The van der Waals surface area contributed by atoms with E-state index in [9.17, 15) is 9.59 Å². The van der Waals surface area contributed by atoms with Crippen LogP contribution in [0.3, 0.4) is 0 Å². The van der Waals surface area contributed by atoms with Crippen LogP contribution < -0.4 is 19.5 Å². The molecule has 0 spiro atoms. The summed E-state index contributed by atoms with van der Waals surface area (Å²) >= 11 is 0. The lowest BCUT2D eigenvalue weighted by Crippen LogP contribution is -2.28. The maximum Gasteiger partial charge on any atom is 0.306 e. The highest BCUT2D eigenvalue weighted by Crippen LogP contribution is 2.27. The highest BCUT2D eigenvalue weighted by atomic mass is 16.5. The predicted octanol–water partition coefficient (Wildman–Crippen LogP) is 2.50. The van der Waals surface area contributed by atoms with Crippen molar-refractivity contribution in [1.29, 1.82) is 0 Å². The maximum absolute atomic E-state index is 11.9. The molecular weight excluding hydrogens is 362 g/mol. The van der Waals surface area contributed by atoms with Crippen molar-refractivity contribution >= 4 is 11.9 Å². The van der Waals surface area contributed by atoms with Crippen molar-refractivity contribution in [2.75, 3.05) is 27.9 Å². The van der Waals surface area contributed by atoms with Crippen molar-refractivity contribution in [1.82, 2.24) is 5.32 Å². The van der Waals surface area contributed by atoms with Gasteiger partial charge in [0.15, 0.2) is 18.1 Å². The number of hydrogen-bond acceptors (Lipinski definition) is 6. The Morgan fingerprint density at radius 2 is 1.68 bits per heavy atom. The first-order valence-electron chi connectivity index (χ1n) is 8.82. The lowest BCUT2D eigenvalue weighted by atomic mass is 10.1. The Labute approximate surface area is 164 Å². The molecule has 7 nitrogen and oxygen atoms in total. The summed E-state index contributed by atoms with van der Waals surface area (Å²) in [5, 5.41) is 2.71. The van der Waals surface area contributed by atoms with Gasteiger partial charge < -0.3 is 24.3 Å². The zero-order chi connectivity index (χ0) is 20.4. The molecule has 0 fully saturated rings. The van der Waals surface area contributed by atoms with Gasteiger partial charge in [0.2, 0.25) is 0 Å². The lowest BCUT2D eigenvalue weighted by molar-refractivity contribution is -0.148. The molecule has 0 saturated carbocycles. The van der Waals surface area contributed by atoms with Gasteiger partial charge >= 0.3 is 5.97 Å². The summed E-state index contributed by atoms with van der Waals surface area (Å²) in [7, 11) is 4.70. The second-order valence-corrected chi connectivity index (χ2v) is 5.98. The fraction of sp³-hybridized carbons (Fsp3) is 0.333. The number of aryl methyl sites for hydroxylation is 1. The van der Waals surface area contributed by atoms with Crippen molar-refractivity contribution in [3.05, 3.63) is 53.6 Å². The Balaban J connectivity index is 1.72. The Bertz CT molecular complexity index is 805. The van der Waals surface area contributed by atoms with Gasteiger partial charge in [-0.3, -0.25) is 9.59 Å². The van der Waals surface area contributed by atoms with E-state index in [1.807, 2.05) is 36.4 Å². The second-order valence-electron chi connectivity index (χ2n) is 5.98. The van der Waals surface area contributed by atoms with E-state index in [4.69, 9.17) is 18.9 Å². The predicted molar refractivity (Wildman–Crippen MR) is 104 cm³/mol. The summed E-state index contributed by atoms with van der Waals surface area (Å²) in [5.41, 5.74) is 1.81. The summed E-state index contributed by atoms with van der Waals surface area (Å²) in [6.45, 7) is 0.0218. The zero-order valence-corrected chi connectivity index (χ0v) is 16.3. The molecule has 0 bridgehead atoms. The average molecular weight is 387 g/mol. The number of carbonyl (C=O) groups excluding carboxylic acids is 2. The van der Waals surface area contributed by atoms with Gasteiger partial charge in [-0.2, -0.15) is 0 Å². The van der Waals surface area contributed by atoms with E-state index in [1.54, 1.807) is 27.4 Å². The van der Waals surface area contributed by atoms with Gasteiger partial charge in [-0.25, -0.2) is 0 Å². The van der Waals surface area contributed by atoms with E-state index >= 15 is 0 Å². The molecule has 0 heterocycles. The van der Waals surface area contributed by atoms with Crippen LogP contribution in [0, 0.1) is 0 Å². The molecule has 0 aromatic heterocycles. The van der Waals surface area contributed by atoms with Gasteiger partial charge in [-0.05, 0) is 41.8 Å². The van der Waals surface area contributed by atoms with Crippen LogP contribution >= 0.6 is 0 Å². The quantitative estimate of drug-likeness (QED) is 0.631. The minimum absolute atomic E-state index is 0.165. The molecule has 0 aliphatic rings. The van der Waals surface area contributed by atoms with Crippen molar-refractivity contribution < 1.29 is 28.5 Å². The molecule has 150 valence electrons. The first-order valence-corrected chi connectivity index (χ1v) is 8.82. The monoisotopic (exact) mass is 387 g/mol. The summed E-state index contributed by atoms with van der Waals surface area (Å²) in [5.74, 6) is 1.15. The van der Waals surface area contributed by atoms with Crippen LogP contribution in [0.5, 0.6) is 17.2 Å². The molecule has 0 radical (unpaired) electrons. The number of amides is 1. The highest BCUT2D eigenvalue weighted by molar-refractivity contribution is 5.80. The summed E-state index contributed by atoms with van der Waals surface area (Å²) in [6, 6.07) is 12.8. The third kappa shape index (κ3) is 6.50. The first-order chi connectivity index (χ1) is 13.5. The molecule has 1 amide bonds. The Morgan fingerprint density at radius 3 is 2.39 bits per heavy atom. The molecule has 2 rings (SSSR count). The van der Waals surface area contributed by atoms with Crippen molar-refractivity contribution in [3.63, 3.8) is 0 Å². The summed E-state index contributed by atoms with van der Waals surface area (Å²) in [6.07, 6.45) is 0.642. The van der Waals surface area contributed by atoms with Crippen LogP contribution in [0.15, 0.2) is 42.5 Å². The number of hydrogen-bond donors (Lipinski definition) is 1. The van der Waals surface area contributed by atoms with Gasteiger partial charge in [0, 0.05) is 13.0 Å². The van der Waals surface area contributed by atoms with E-state index < -0.39 is 5.97 Å². The second kappa shape index (κ2) is 10.8. The van der Waals surface area contributed by atoms with Gasteiger partial charge in [0.25, 0.3) is 5.91 Å². The van der Waals surface area contributed by atoms with Crippen LogP contribution in [0.25, 0.3) is 0 Å². The molecule has 0 aliphatic carbocycles. The van der Waals surface area contributed by atoms with E-state index in [-0.39, 0.29) is 18.9 Å². The molecule has 0 saturated heterocycles. The number of rotatable bonds is 10. The van der Waals surface area contributed by atoms with Gasteiger partial charge in [0.1, 0.15) is 5.75 Å². The maximum atomic E-state index is 11.9. The molecular formula is C21H25NO6. The number of ether oxygens (including phenoxy) is 4. The highest BCUT2D eigenvalue weighted by Gasteiger charge is 2.10. The molecule has 7 heteroatoms. The van der Waals surface area contributed by atoms with Crippen LogP contribution in [0.4, 0.5) is 0 Å². The van der Waals surface area contributed by atoms with E-state index in [0.29, 0.717) is 30.2 Å². The fourth-order valence-electron chi connectivity index (χ4n) is 2.53. The molecule has 0 atom stereocenters. The summed E-state index contributed by atoms with van der Waals surface area (Å²) in [4.78, 5) is 23.7. The SMILES string of the molecule is COc1cccc(CNC(=O)COC(=O)CCc2ccc(OC)c(OC)c2)c1. The number of carbonyl (C=O) groups is 2. The third-order valence-electron chi connectivity index (χ3n) is 4.05. The van der Waals surface area contributed by atoms with E-state index in [0.717, 1.165) is 11.1 Å². The van der Waals surface area contributed by atoms with Gasteiger partial charge in [0.05, 0.1) is 21.3 Å². The number of nitrogens with one attached hydrogen (secondary N) is 1. The van der Waals surface area contributed by atoms with Crippen LogP contribution in [-0.4, -0.2) is 39.8 Å².